The lowest BCUT2D eigenvalue weighted by molar-refractivity contribution is 0.365. The summed E-state index contributed by atoms with van der Waals surface area (Å²) in [7, 11) is -2.97. The molecule has 0 spiro atoms. The van der Waals surface area contributed by atoms with E-state index in [0.717, 1.165) is 23.3 Å². The van der Waals surface area contributed by atoms with E-state index in [0.29, 0.717) is 18.9 Å². The first-order chi connectivity index (χ1) is 12.6. The third-order valence-corrected chi connectivity index (χ3v) is 5.33. The molecule has 0 fully saturated rings. The van der Waals surface area contributed by atoms with Crippen molar-refractivity contribution in [2.75, 3.05) is 25.1 Å². The number of fused-ring (bicyclic) bond motifs is 1. The van der Waals surface area contributed by atoms with Crippen LogP contribution in [0.25, 0.3) is 11.0 Å². The van der Waals surface area contributed by atoms with E-state index in [1.165, 1.54) is 6.26 Å². The summed E-state index contributed by atoms with van der Waals surface area (Å²) in [4.78, 5) is 4.66. The molecule has 1 aromatic heterocycles. The zero-order valence-corrected chi connectivity index (χ0v) is 20.4. The summed E-state index contributed by atoms with van der Waals surface area (Å²) in [5.74, 6) is 1.71. The summed E-state index contributed by atoms with van der Waals surface area (Å²) >= 11 is 0. The van der Waals surface area contributed by atoms with Crippen molar-refractivity contribution in [2.45, 2.75) is 40.2 Å². The molecule has 0 radical (unpaired) electrons. The molecule has 1 atom stereocenters. The van der Waals surface area contributed by atoms with Crippen molar-refractivity contribution < 1.29 is 12.8 Å². The van der Waals surface area contributed by atoms with Crippen molar-refractivity contribution in [3.05, 3.63) is 36.1 Å². The summed E-state index contributed by atoms with van der Waals surface area (Å²) in [6.07, 6.45) is 1.85. The van der Waals surface area contributed by atoms with Crippen LogP contribution in [-0.2, 0) is 9.84 Å². The van der Waals surface area contributed by atoms with E-state index < -0.39 is 9.84 Å². The van der Waals surface area contributed by atoms with Gasteiger partial charge in [-0.1, -0.05) is 32.0 Å². The lowest BCUT2D eigenvalue weighted by atomic mass is 9.90. The molecule has 2 aromatic rings. The van der Waals surface area contributed by atoms with Crippen molar-refractivity contribution in [3.8, 4) is 0 Å². The second kappa shape index (κ2) is 10.5. The van der Waals surface area contributed by atoms with Crippen molar-refractivity contribution in [3.63, 3.8) is 0 Å². The molecule has 6 nitrogen and oxygen atoms in total. The topological polar surface area (TPSA) is 83.7 Å². The number of hydrogen-bond acceptors (Lipinski definition) is 4. The Labute approximate surface area is 185 Å². The van der Waals surface area contributed by atoms with Gasteiger partial charge in [0.15, 0.2) is 5.96 Å². The number of halogens is 1. The Bertz CT molecular complexity index is 858. The molecule has 0 amide bonds. The summed E-state index contributed by atoms with van der Waals surface area (Å²) in [6, 6.07) is 9.91. The van der Waals surface area contributed by atoms with Gasteiger partial charge in [0.2, 0.25) is 0 Å². The first kappa shape index (κ1) is 24.7. The van der Waals surface area contributed by atoms with Crippen LogP contribution >= 0.6 is 24.0 Å². The predicted molar refractivity (Wildman–Crippen MR) is 127 cm³/mol. The third kappa shape index (κ3) is 7.98. The fraction of sp³-hybridized carbons (Fsp3) is 0.550. The molecule has 0 bridgehead atoms. The van der Waals surface area contributed by atoms with Crippen LogP contribution in [0.1, 0.15) is 45.9 Å². The molecule has 158 valence electrons. The number of guanidine groups is 1. The number of hydrogen-bond donors (Lipinski definition) is 2. The Morgan fingerprint density at radius 1 is 1.29 bits per heavy atom. The molecule has 2 N–H and O–H groups in total. The molecule has 2 rings (SSSR count). The molecular weight excluding hydrogens is 489 g/mol. The molecule has 28 heavy (non-hydrogen) atoms. The van der Waals surface area contributed by atoms with E-state index in [2.05, 4.69) is 15.6 Å². The van der Waals surface area contributed by atoms with Gasteiger partial charge in [-0.2, -0.15) is 0 Å². The summed E-state index contributed by atoms with van der Waals surface area (Å²) < 4.78 is 28.8. The third-order valence-electron chi connectivity index (χ3n) is 4.38. The van der Waals surface area contributed by atoms with E-state index in [-0.39, 0.29) is 41.2 Å². The van der Waals surface area contributed by atoms with E-state index in [1.807, 2.05) is 58.0 Å². The standard InChI is InChI=1S/C20H31N3O3S.HI/c1-6-21-19(22-14-20(3,4)11-12-27(5,24)25)23-15(2)18-13-16-9-7-8-10-17(16)26-18;/h7-10,13,15H,6,11-12,14H2,1-5H3,(H2,21,22,23);1H. The summed E-state index contributed by atoms with van der Waals surface area (Å²) in [5, 5.41) is 7.68. The van der Waals surface area contributed by atoms with Crippen LogP contribution in [0.15, 0.2) is 39.7 Å². The Kier molecular flexibility index (Phi) is 9.26. The fourth-order valence-electron chi connectivity index (χ4n) is 2.65. The van der Waals surface area contributed by atoms with Gasteiger partial charge < -0.3 is 15.1 Å². The number of nitrogens with zero attached hydrogens (tertiary/aromatic N) is 1. The van der Waals surface area contributed by atoms with Crippen molar-refractivity contribution in [1.29, 1.82) is 0 Å². The molecule has 1 unspecified atom stereocenters. The fourth-order valence-corrected chi connectivity index (χ4v) is 3.57. The van der Waals surface area contributed by atoms with Crippen LogP contribution in [0.4, 0.5) is 0 Å². The van der Waals surface area contributed by atoms with E-state index in [4.69, 9.17) is 4.42 Å². The summed E-state index contributed by atoms with van der Waals surface area (Å²) in [6.45, 7) is 9.38. The van der Waals surface area contributed by atoms with Crippen LogP contribution in [0, 0.1) is 5.41 Å². The predicted octanol–water partition coefficient (Wildman–Crippen LogP) is 4.13. The van der Waals surface area contributed by atoms with Gasteiger partial charge in [-0.25, -0.2) is 8.42 Å². The minimum atomic E-state index is -2.97. The number of benzene rings is 1. The van der Waals surface area contributed by atoms with Crippen LogP contribution in [0.3, 0.4) is 0 Å². The molecular formula is C20H32IN3O3S. The average Bonchev–Trinajstić information content (AvgIpc) is 3.02. The van der Waals surface area contributed by atoms with E-state index >= 15 is 0 Å². The number of sulfone groups is 1. The lowest BCUT2D eigenvalue weighted by Gasteiger charge is -2.23. The highest BCUT2D eigenvalue weighted by Gasteiger charge is 2.21. The van der Waals surface area contributed by atoms with Gasteiger partial charge in [-0.05, 0) is 37.8 Å². The highest BCUT2D eigenvalue weighted by atomic mass is 127. The smallest absolute Gasteiger partial charge is 0.191 e. The molecule has 0 aliphatic heterocycles. The van der Waals surface area contributed by atoms with Crippen LogP contribution in [-0.4, -0.2) is 39.5 Å². The minimum absolute atomic E-state index is 0. The van der Waals surface area contributed by atoms with Gasteiger partial charge in [0.05, 0.1) is 11.8 Å². The SMILES string of the molecule is CCNC(=NCC(C)(C)CCS(C)(=O)=O)NC(C)c1cc2ccccc2o1.I. The Balaban J connectivity index is 0.00000392. The first-order valence-electron chi connectivity index (χ1n) is 9.31. The maximum atomic E-state index is 11.4. The average molecular weight is 521 g/mol. The number of para-hydroxylation sites is 1. The van der Waals surface area contributed by atoms with Crippen molar-refractivity contribution in [2.24, 2.45) is 10.4 Å². The zero-order chi connectivity index (χ0) is 20.1. The first-order valence-corrected chi connectivity index (χ1v) is 11.4. The molecule has 1 aromatic carbocycles. The van der Waals surface area contributed by atoms with Crippen molar-refractivity contribution in [1.82, 2.24) is 10.6 Å². The molecule has 0 aliphatic rings. The number of furan rings is 1. The largest absolute Gasteiger partial charge is 0.459 e. The van der Waals surface area contributed by atoms with Crippen LogP contribution in [0.5, 0.6) is 0 Å². The molecule has 8 heteroatoms. The maximum absolute atomic E-state index is 11.4. The normalized spacial score (nSPS) is 13.8. The van der Waals surface area contributed by atoms with E-state index in [1.54, 1.807) is 0 Å². The second-order valence-electron chi connectivity index (χ2n) is 7.79. The highest BCUT2D eigenvalue weighted by Crippen LogP contribution is 2.24. The molecule has 0 saturated carbocycles. The van der Waals surface area contributed by atoms with Crippen LogP contribution in [0.2, 0.25) is 0 Å². The van der Waals surface area contributed by atoms with Gasteiger partial charge in [-0.3, -0.25) is 4.99 Å². The van der Waals surface area contributed by atoms with Gasteiger partial charge in [0, 0.05) is 24.7 Å². The van der Waals surface area contributed by atoms with Gasteiger partial charge >= 0.3 is 0 Å². The molecule has 0 saturated heterocycles. The number of rotatable bonds is 8. The molecule has 0 aliphatic carbocycles. The molecule has 1 heterocycles. The lowest BCUT2D eigenvalue weighted by Crippen LogP contribution is -2.39. The van der Waals surface area contributed by atoms with Gasteiger partial charge in [-0.15, -0.1) is 24.0 Å². The van der Waals surface area contributed by atoms with Crippen molar-refractivity contribution >= 4 is 50.7 Å². The van der Waals surface area contributed by atoms with Crippen LogP contribution < -0.4 is 10.6 Å². The maximum Gasteiger partial charge on any atom is 0.191 e. The highest BCUT2D eigenvalue weighted by molar-refractivity contribution is 14.0. The van der Waals surface area contributed by atoms with E-state index in [9.17, 15) is 8.42 Å². The second-order valence-corrected chi connectivity index (χ2v) is 10.1. The summed E-state index contributed by atoms with van der Waals surface area (Å²) in [5.41, 5.74) is 0.665. The Hall–Kier alpha value is -1.29. The minimum Gasteiger partial charge on any atom is -0.459 e. The quantitative estimate of drug-likeness (QED) is 0.310. The Morgan fingerprint density at radius 3 is 2.57 bits per heavy atom. The monoisotopic (exact) mass is 521 g/mol. The number of nitrogens with one attached hydrogen (secondary N) is 2. The number of aliphatic imine (C=N–C) groups is 1. The zero-order valence-electron chi connectivity index (χ0n) is 17.3. The van der Waals surface area contributed by atoms with Gasteiger partial charge in [0.25, 0.3) is 0 Å². The Morgan fingerprint density at radius 2 is 1.96 bits per heavy atom. The van der Waals surface area contributed by atoms with Gasteiger partial charge in [0.1, 0.15) is 21.2 Å².